The van der Waals surface area contributed by atoms with E-state index in [4.69, 9.17) is 23.7 Å². The van der Waals surface area contributed by atoms with E-state index in [0.29, 0.717) is 17.4 Å². The minimum Gasteiger partial charge on any atom is -0.460 e. The lowest BCUT2D eigenvalue weighted by Gasteiger charge is -2.53. The molecule has 0 spiro atoms. The number of hydrogen-bond donors (Lipinski definition) is 2. The maximum Gasteiger partial charge on any atom is 0.338 e. The third kappa shape index (κ3) is 11.6. The highest BCUT2D eigenvalue weighted by molar-refractivity contribution is 5.97. The molecule has 386 valence electrons. The van der Waals surface area contributed by atoms with Crippen LogP contribution in [0, 0.1) is 17.3 Å². The maximum absolute atomic E-state index is 15.1. The molecule has 4 aromatic rings. The zero-order valence-corrected chi connectivity index (χ0v) is 43.4. The average molecular weight is 993 g/mol. The maximum atomic E-state index is 15.1. The zero-order valence-electron chi connectivity index (χ0n) is 43.4. The van der Waals surface area contributed by atoms with Gasteiger partial charge in [0.2, 0.25) is 17.6 Å². The summed E-state index contributed by atoms with van der Waals surface area (Å²) in [6.07, 6.45) is 7.12. The number of fused-ring (bicyclic) bond motifs is 3. The van der Waals surface area contributed by atoms with Gasteiger partial charge in [0.15, 0.2) is 0 Å². The number of likely N-dealkylation sites (N-methyl/N-ethyl adjacent to an activating group) is 1. The Morgan fingerprint density at radius 3 is 2.18 bits per heavy atom. The second-order valence-electron chi connectivity index (χ2n) is 22.7. The van der Waals surface area contributed by atoms with Gasteiger partial charge in [-0.05, 0) is 113 Å². The molecule has 2 saturated heterocycles. The molecule has 0 aromatic heterocycles. The molecule has 2 amide bonds. The number of aliphatic hydroxyl groups is 1. The van der Waals surface area contributed by atoms with Gasteiger partial charge in [0.1, 0.15) is 30.0 Å². The molecule has 3 aliphatic carbocycles. The van der Waals surface area contributed by atoms with Crippen LogP contribution in [0.25, 0.3) is 6.08 Å². The Balaban J connectivity index is 1.01. The second kappa shape index (κ2) is 21.1. The number of allylic oxidation sites excluding steroid dienone is 1. The molecule has 1 unspecified atom stereocenters. The molecule has 12 nitrogen and oxygen atoms in total. The van der Waals surface area contributed by atoms with E-state index in [2.05, 4.69) is 32.2 Å². The molecule has 2 saturated carbocycles. The van der Waals surface area contributed by atoms with Gasteiger partial charge in [-0.15, -0.1) is 0 Å². The molecule has 5 aliphatic rings. The molecule has 2 heterocycles. The average Bonchev–Trinajstić information content (AvgIpc) is 3.83. The van der Waals surface area contributed by atoms with Crippen molar-refractivity contribution in [2.24, 2.45) is 17.3 Å². The Hall–Kier alpha value is -5.92. The lowest BCUT2D eigenvalue weighted by atomic mass is 9.52. The summed E-state index contributed by atoms with van der Waals surface area (Å²) < 4.78 is 32.3. The summed E-state index contributed by atoms with van der Waals surface area (Å²) in [7, 11) is 1.57. The van der Waals surface area contributed by atoms with E-state index in [9.17, 15) is 19.5 Å². The predicted octanol–water partition coefficient (Wildman–Crippen LogP) is 9.67. The first kappa shape index (κ1) is 52.0. The molecule has 2 aliphatic heterocycles. The van der Waals surface area contributed by atoms with Gasteiger partial charge in [-0.25, -0.2) is 4.79 Å². The van der Waals surface area contributed by atoms with Crippen LogP contribution in [0.5, 0.6) is 0 Å². The monoisotopic (exact) mass is 993 g/mol. The molecule has 9 atom stereocenters. The van der Waals surface area contributed by atoms with Gasteiger partial charge in [0, 0.05) is 43.0 Å². The number of rotatable bonds is 15. The van der Waals surface area contributed by atoms with Gasteiger partial charge in [-0.3, -0.25) is 14.4 Å². The number of nitrogens with zero attached hydrogens (tertiary/aromatic N) is 1. The molecular formula is C61H72N2O10. The standard InChI is InChI=1S/C61H72N2O10/c1-58(2,3)72-53(65)29-27-46(38-64)62-55(66)49(34-39-18-11-8-12-19-39)63(7)56(67)43-35-50(54-51(36-43)70-61(73-54,44-22-13-9-14-23-44)45-24-15-10-16-25-45)69-57(68)42-21-17-20-40(33-42)32-41-26-28-52-60(6,71-52)31-30-48-47(41)37-59(48,4)5/h8-25,32-33,36,46-52,54,64H,26-31,34-35,37-38H2,1-7H3,(H,62,66)/t46-,47+,48+,49+,50+,51+,52?,54-,60+/m0/s1. The van der Waals surface area contributed by atoms with Gasteiger partial charge < -0.3 is 39.0 Å². The van der Waals surface area contributed by atoms with E-state index in [1.54, 1.807) is 40.0 Å². The van der Waals surface area contributed by atoms with E-state index in [1.807, 2.05) is 109 Å². The summed E-state index contributed by atoms with van der Waals surface area (Å²) in [5.41, 5.74) is 4.80. The number of benzene rings is 4. The van der Waals surface area contributed by atoms with Crippen molar-refractivity contribution in [3.63, 3.8) is 0 Å². The fourth-order valence-electron chi connectivity index (χ4n) is 11.8. The Labute approximate surface area is 430 Å². The Bertz CT molecular complexity index is 2660. The number of hydrogen-bond acceptors (Lipinski definition) is 10. The number of nitrogens with one attached hydrogen (secondary N) is 1. The van der Waals surface area contributed by atoms with Crippen LogP contribution in [0.3, 0.4) is 0 Å². The number of amides is 2. The fourth-order valence-corrected chi connectivity index (χ4v) is 11.8. The van der Waals surface area contributed by atoms with Crippen LogP contribution < -0.4 is 5.32 Å². The van der Waals surface area contributed by atoms with Crippen LogP contribution in [0.15, 0.2) is 132 Å². The number of carbonyl (C=O) groups excluding carboxylic acids is 4. The van der Waals surface area contributed by atoms with Gasteiger partial charge in [-0.1, -0.05) is 129 Å². The quantitative estimate of drug-likeness (QED) is 0.0870. The topological polar surface area (TPSA) is 153 Å². The highest BCUT2D eigenvalue weighted by Crippen LogP contribution is 2.60. The predicted molar refractivity (Wildman–Crippen MR) is 278 cm³/mol. The van der Waals surface area contributed by atoms with Gasteiger partial charge in [0.05, 0.1) is 29.9 Å². The van der Waals surface area contributed by atoms with Crippen LogP contribution in [0.4, 0.5) is 0 Å². The first-order valence-corrected chi connectivity index (χ1v) is 26.2. The molecular weight excluding hydrogens is 921 g/mol. The summed E-state index contributed by atoms with van der Waals surface area (Å²) in [5.74, 6) is -2.35. The summed E-state index contributed by atoms with van der Waals surface area (Å²) in [6.45, 7) is 11.9. The lowest BCUT2D eigenvalue weighted by molar-refractivity contribution is -0.157. The van der Waals surface area contributed by atoms with E-state index in [1.165, 1.54) is 10.5 Å². The van der Waals surface area contributed by atoms with Crippen molar-refractivity contribution in [3.05, 3.63) is 160 Å². The number of epoxide rings is 1. The van der Waals surface area contributed by atoms with Crippen molar-refractivity contribution in [2.75, 3.05) is 13.7 Å². The van der Waals surface area contributed by atoms with Crippen molar-refractivity contribution in [2.45, 2.75) is 153 Å². The third-order valence-electron chi connectivity index (χ3n) is 15.8. The van der Waals surface area contributed by atoms with Crippen molar-refractivity contribution in [3.8, 4) is 0 Å². The molecule has 2 N–H and O–H groups in total. The Kier molecular flexibility index (Phi) is 15.0. The number of carbonyl (C=O) groups is 4. The third-order valence-corrected chi connectivity index (χ3v) is 15.8. The van der Waals surface area contributed by atoms with Gasteiger partial charge in [0.25, 0.3) is 0 Å². The van der Waals surface area contributed by atoms with Crippen LogP contribution in [-0.2, 0) is 50.3 Å². The number of aliphatic hydroxyl groups excluding tert-OH is 1. The number of ether oxygens (including phenoxy) is 5. The summed E-state index contributed by atoms with van der Waals surface area (Å²) >= 11 is 0. The first-order chi connectivity index (χ1) is 34.8. The largest absolute Gasteiger partial charge is 0.460 e. The van der Waals surface area contributed by atoms with Crippen LogP contribution in [0.2, 0.25) is 0 Å². The van der Waals surface area contributed by atoms with E-state index < -0.39 is 72.1 Å². The first-order valence-electron chi connectivity index (χ1n) is 26.2. The molecule has 0 bridgehead atoms. The summed E-state index contributed by atoms with van der Waals surface area (Å²) in [4.78, 5) is 58.1. The summed E-state index contributed by atoms with van der Waals surface area (Å²) in [6, 6.07) is 34.3. The normalized spacial score (nSPS) is 27.1. The van der Waals surface area contributed by atoms with Gasteiger partial charge >= 0.3 is 11.9 Å². The molecule has 73 heavy (non-hydrogen) atoms. The lowest BCUT2D eigenvalue weighted by Crippen LogP contribution is -2.53. The second-order valence-corrected chi connectivity index (χ2v) is 22.7. The molecule has 4 fully saturated rings. The SMILES string of the molecule is CN(C(=O)C1=C[C@H]2OC(c3ccccc3)(c3ccccc3)O[C@H]2[C@H](OC(=O)c2cccc(C=C3CCC4O[C@]4(C)CC[C@@H]4[C@@H]3CC4(C)C)c2)C1)[C@H](Cc1ccccc1)C(=O)N[C@H](CO)CCC(=O)OC(C)(C)C. The molecule has 0 radical (unpaired) electrons. The van der Waals surface area contributed by atoms with Crippen LogP contribution in [-0.4, -0.2) is 95.1 Å². The zero-order chi connectivity index (χ0) is 51.7. The Morgan fingerprint density at radius 1 is 0.863 bits per heavy atom. The highest BCUT2D eigenvalue weighted by atomic mass is 16.8. The van der Waals surface area contributed by atoms with Crippen molar-refractivity contribution < 1.29 is 48.0 Å². The van der Waals surface area contributed by atoms with Crippen molar-refractivity contribution in [1.29, 1.82) is 0 Å². The Morgan fingerprint density at radius 2 is 1.53 bits per heavy atom. The smallest absolute Gasteiger partial charge is 0.338 e. The summed E-state index contributed by atoms with van der Waals surface area (Å²) in [5, 5.41) is 13.3. The van der Waals surface area contributed by atoms with Gasteiger partial charge in [-0.2, -0.15) is 0 Å². The van der Waals surface area contributed by atoms with Crippen LogP contribution in [0.1, 0.15) is 126 Å². The van der Waals surface area contributed by atoms with Crippen molar-refractivity contribution in [1.82, 2.24) is 10.2 Å². The van der Waals surface area contributed by atoms with E-state index in [-0.39, 0.29) is 48.4 Å². The van der Waals surface area contributed by atoms with Crippen molar-refractivity contribution >= 4 is 29.8 Å². The van der Waals surface area contributed by atoms with E-state index in [0.717, 1.165) is 54.4 Å². The highest BCUT2D eigenvalue weighted by Gasteiger charge is 2.57. The minimum atomic E-state index is -1.42. The molecule has 9 rings (SSSR count). The van der Waals surface area contributed by atoms with Crippen LogP contribution >= 0.6 is 0 Å². The van der Waals surface area contributed by atoms with E-state index >= 15 is 4.79 Å². The minimum absolute atomic E-state index is 0.0214. The molecule has 4 aromatic carbocycles. The fraction of sp³-hybridized carbons (Fsp3) is 0.475. The molecule has 12 heteroatoms. The number of esters is 2.